The molecule has 1 saturated heterocycles. The van der Waals surface area contributed by atoms with Crippen molar-refractivity contribution in [3.05, 3.63) is 71.2 Å². The van der Waals surface area contributed by atoms with E-state index in [1.165, 1.54) is 12.1 Å². The summed E-state index contributed by atoms with van der Waals surface area (Å²) in [5.41, 5.74) is 2.54. The molecule has 4 rings (SSSR count). The number of aromatic nitrogens is 1. The van der Waals surface area contributed by atoms with Gasteiger partial charge in [-0.05, 0) is 54.8 Å². The summed E-state index contributed by atoms with van der Waals surface area (Å²) in [6, 6.07) is 13.2. The Bertz CT molecular complexity index is 1070. The van der Waals surface area contributed by atoms with Crippen molar-refractivity contribution in [3.8, 4) is 0 Å². The molecule has 28 heavy (non-hydrogen) atoms. The molecule has 1 aromatic heterocycles. The number of nitrogens with zero attached hydrogens (tertiary/aromatic N) is 2. The molecule has 0 radical (unpaired) electrons. The van der Waals surface area contributed by atoms with Gasteiger partial charge in [0.1, 0.15) is 11.5 Å². The zero-order chi connectivity index (χ0) is 19.8. The number of benzene rings is 2. The molecule has 144 valence electrons. The lowest BCUT2D eigenvalue weighted by atomic mass is 9.89. The van der Waals surface area contributed by atoms with Crippen molar-refractivity contribution in [3.63, 3.8) is 0 Å². The summed E-state index contributed by atoms with van der Waals surface area (Å²) in [6.07, 6.45) is 1.76. The lowest BCUT2D eigenvalue weighted by Crippen LogP contribution is -2.39. The zero-order valence-corrected chi connectivity index (χ0v) is 15.6. The van der Waals surface area contributed by atoms with E-state index in [0.717, 1.165) is 23.9 Å². The van der Waals surface area contributed by atoms with Crippen LogP contribution in [-0.4, -0.2) is 39.5 Å². The Hall–Kier alpha value is -3.15. The molecule has 6 heteroatoms. The number of carboxylic acids is 1. The molecule has 1 fully saturated rings. The minimum Gasteiger partial charge on any atom is -0.478 e. The van der Waals surface area contributed by atoms with E-state index in [1.807, 2.05) is 18.0 Å². The second kappa shape index (κ2) is 7.11. The first-order valence-corrected chi connectivity index (χ1v) is 9.31. The first-order valence-electron chi connectivity index (χ1n) is 9.31. The number of aromatic carboxylic acids is 1. The minimum atomic E-state index is -0.951. The Labute approximate surface area is 162 Å². The molecule has 1 N–H and O–H groups in total. The van der Waals surface area contributed by atoms with Crippen LogP contribution in [0.4, 0.5) is 4.39 Å². The second-order valence-corrected chi connectivity index (χ2v) is 7.31. The number of halogens is 1. The predicted molar refractivity (Wildman–Crippen MR) is 104 cm³/mol. The Morgan fingerprint density at radius 3 is 2.75 bits per heavy atom. The van der Waals surface area contributed by atoms with Gasteiger partial charge in [0.15, 0.2) is 0 Å². The van der Waals surface area contributed by atoms with Crippen LogP contribution < -0.4 is 0 Å². The van der Waals surface area contributed by atoms with Crippen LogP contribution in [0.2, 0.25) is 0 Å². The van der Waals surface area contributed by atoms with Crippen LogP contribution in [0, 0.1) is 5.82 Å². The summed E-state index contributed by atoms with van der Waals surface area (Å²) >= 11 is 0. The van der Waals surface area contributed by atoms with E-state index in [2.05, 4.69) is 0 Å². The fraction of sp³-hybridized carbons (Fsp3) is 0.273. The van der Waals surface area contributed by atoms with E-state index in [0.29, 0.717) is 24.2 Å². The Morgan fingerprint density at radius 1 is 1.14 bits per heavy atom. The molecule has 5 nitrogen and oxygen atoms in total. The molecule has 2 aromatic carbocycles. The first kappa shape index (κ1) is 18.2. The highest BCUT2D eigenvalue weighted by atomic mass is 19.1. The molecule has 1 amide bonds. The van der Waals surface area contributed by atoms with Gasteiger partial charge in [-0.1, -0.05) is 12.1 Å². The number of likely N-dealkylation sites (tertiary alicyclic amines) is 1. The number of aryl methyl sites for hydroxylation is 1. The van der Waals surface area contributed by atoms with Crippen molar-refractivity contribution in [1.82, 2.24) is 9.47 Å². The smallest absolute Gasteiger partial charge is 0.335 e. The highest BCUT2D eigenvalue weighted by molar-refractivity contribution is 5.98. The van der Waals surface area contributed by atoms with Crippen molar-refractivity contribution >= 4 is 22.8 Å². The Balaban J connectivity index is 1.60. The number of carbonyl (C=O) groups is 2. The van der Waals surface area contributed by atoms with Gasteiger partial charge in [0.2, 0.25) is 0 Å². The minimum absolute atomic E-state index is 0.0850. The van der Waals surface area contributed by atoms with Crippen molar-refractivity contribution in [2.45, 2.75) is 18.8 Å². The van der Waals surface area contributed by atoms with Crippen LogP contribution in [0.1, 0.15) is 45.2 Å². The van der Waals surface area contributed by atoms with Gasteiger partial charge in [-0.25, -0.2) is 9.18 Å². The third kappa shape index (κ3) is 3.26. The molecule has 1 aliphatic rings. The third-order valence-corrected chi connectivity index (χ3v) is 5.54. The SMILES string of the molecule is Cn1c(C(=O)N2CCC[C@@H](c3cccc(C(=O)O)c3)C2)cc2cc(F)ccc21. The number of hydrogen-bond donors (Lipinski definition) is 1. The van der Waals surface area contributed by atoms with Crippen molar-refractivity contribution in [2.24, 2.45) is 7.05 Å². The normalized spacial score (nSPS) is 17.1. The van der Waals surface area contributed by atoms with Gasteiger partial charge in [0.25, 0.3) is 5.91 Å². The van der Waals surface area contributed by atoms with Gasteiger partial charge in [0.05, 0.1) is 5.56 Å². The average molecular weight is 380 g/mol. The maximum atomic E-state index is 13.5. The summed E-state index contributed by atoms with van der Waals surface area (Å²) < 4.78 is 15.3. The van der Waals surface area contributed by atoms with Crippen LogP contribution in [0.3, 0.4) is 0 Å². The van der Waals surface area contributed by atoms with Gasteiger partial charge in [0, 0.05) is 37.0 Å². The largest absolute Gasteiger partial charge is 0.478 e. The molecular weight excluding hydrogens is 359 g/mol. The van der Waals surface area contributed by atoms with Crippen LogP contribution >= 0.6 is 0 Å². The maximum Gasteiger partial charge on any atom is 0.335 e. The van der Waals surface area contributed by atoms with Gasteiger partial charge < -0.3 is 14.6 Å². The van der Waals surface area contributed by atoms with E-state index < -0.39 is 5.97 Å². The monoisotopic (exact) mass is 380 g/mol. The molecule has 0 aliphatic carbocycles. The standard InChI is InChI=1S/C22H21FN2O3/c1-24-19-8-7-18(23)11-17(19)12-20(24)21(26)25-9-3-6-16(13-25)14-4-2-5-15(10-14)22(27)28/h2,4-5,7-8,10-12,16H,3,6,9,13H2,1H3,(H,27,28)/t16-/m1/s1. The molecule has 0 spiro atoms. The number of carboxylic acid groups (broad SMARTS) is 1. The number of piperidine rings is 1. The molecule has 2 heterocycles. The van der Waals surface area contributed by atoms with Crippen LogP contribution in [0.15, 0.2) is 48.5 Å². The van der Waals surface area contributed by atoms with E-state index in [1.54, 1.807) is 34.9 Å². The van der Waals surface area contributed by atoms with E-state index >= 15 is 0 Å². The fourth-order valence-corrected chi connectivity index (χ4v) is 4.05. The topological polar surface area (TPSA) is 62.5 Å². The predicted octanol–water partition coefficient (Wildman–Crippen LogP) is 4.04. The van der Waals surface area contributed by atoms with Crippen LogP contribution in [0.5, 0.6) is 0 Å². The zero-order valence-electron chi connectivity index (χ0n) is 15.6. The van der Waals surface area contributed by atoms with Crippen LogP contribution in [-0.2, 0) is 7.05 Å². The van der Waals surface area contributed by atoms with E-state index in [-0.39, 0.29) is 23.2 Å². The maximum absolute atomic E-state index is 13.5. The summed E-state index contributed by atoms with van der Waals surface area (Å²) in [7, 11) is 1.81. The fourth-order valence-electron chi connectivity index (χ4n) is 4.05. The van der Waals surface area contributed by atoms with E-state index in [4.69, 9.17) is 0 Å². The van der Waals surface area contributed by atoms with E-state index in [9.17, 15) is 19.1 Å². The van der Waals surface area contributed by atoms with Gasteiger partial charge >= 0.3 is 5.97 Å². The first-order chi connectivity index (χ1) is 13.4. The summed E-state index contributed by atoms with van der Waals surface area (Å²) in [5, 5.41) is 9.92. The van der Waals surface area contributed by atoms with Crippen molar-refractivity contribution in [2.75, 3.05) is 13.1 Å². The second-order valence-electron chi connectivity index (χ2n) is 7.31. The molecule has 0 saturated carbocycles. The lowest BCUT2D eigenvalue weighted by Gasteiger charge is -2.33. The number of carbonyl (C=O) groups excluding carboxylic acids is 1. The van der Waals surface area contributed by atoms with Gasteiger partial charge in [-0.2, -0.15) is 0 Å². The summed E-state index contributed by atoms with van der Waals surface area (Å²) in [5.74, 6) is -1.26. The molecule has 1 atom stereocenters. The highest BCUT2D eigenvalue weighted by Gasteiger charge is 2.27. The quantitative estimate of drug-likeness (QED) is 0.746. The highest BCUT2D eigenvalue weighted by Crippen LogP contribution is 2.29. The molecule has 3 aromatic rings. The molecular formula is C22H21FN2O3. The van der Waals surface area contributed by atoms with Crippen LogP contribution in [0.25, 0.3) is 10.9 Å². The average Bonchev–Trinajstić information content (AvgIpc) is 3.03. The van der Waals surface area contributed by atoms with Crippen molar-refractivity contribution < 1.29 is 19.1 Å². The summed E-state index contributed by atoms with van der Waals surface area (Å²) in [6.45, 7) is 1.20. The van der Waals surface area contributed by atoms with Crippen molar-refractivity contribution in [1.29, 1.82) is 0 Å². The molecule has 1 aliphatic heterocycles. The number of rotatable bonds is 3. The number of fused-ring (bicyclic) bond motifs is 1. The molecule has 0 bridgehead atoms. The molecule has 0 unspecified atom stereocenters. The number of hydrogen-bond acceptors (Lipinski definition) is 2. The number of amides is 1. The summed E-state index contributed by atoms with van der Waals surface area (Å²) in [4.78, 5) is 26.2. The third-order valence-electron chi connectivity index (χ3n) is 5.54. The Kier molecular flexibility index (Phi) is 4.63. The van der Waals surface area contributed by atoms with Gasteiger partial charge in [-0.3, -0.25) is 4.79 Å². The lowest BCUT2D eigenvalue weighted by molar-refractivity contribution is 0.0684. The Morgan fingerprint density at radius 2 is 1.96 bits per heavy atom. The van der Waals surface area contributed by atoms with Gasteiger partial charge in [-0.15, -0.1) is 0 Å².